The fourth-order valence-corrected chi connectivity index (χ4v) is 5.37. The van der Waals surface area contributed by atoms with Crippen LogP contribution in [-0.2, 0) is 11.3 Å². The monoisotopic (exact) mass is 473 g/mol. The second-order valence-electron chi connectivity index (χ2n) is 9.49. The average Bonchev–Trinajstić information content (AvgIpc) is 2.74. The van der Waals surface area contributed by atoms with Crippen LogP contribution in [-0.4, -0.2) is 67.4 Å². The Hall–Kier alpha value is -1.67. The lowest BCUT2D eigenvalue weighted by Gasteiger charge is -2.54. The van der Waals surface area contributed by atoms with Gasteiger partial charge < -0.3 is 14.5 Å². The van der Waals surface area contributed by atoms with Gasteiger partial charge >= 0.3 is 12.3 Å². The second kappa shape index (κ2) is 9.29. The number of hydrogen-bond acceptors (Lipinski definition) is 4. The SMILES string of the molecule is CC(OC(=O)N1CCC2(CC1)CN(Cc1c(Cl)cccc1N1CCCCC1)C2)C(F)(F)F. The molecule has 3 heterocycles. The zero-order valence-electron chi connectivity index (χ0n) is 18.5. The first-order valence-corrected chi connectivity index (χ1v) is 11.8. The van der Waals surface area contributed by atoms with Crippen LogP contribution in [0.1, 0.15) is 44.6 Å². The molecule has 178 valence electrons. The molecule has 1 unspecified atom stereocenters. The third-order valence-corrected chi connectivity index (χ3v) is 7.47. The van der Waals surface area contributed by atoms with Gasteiger partial charge in [-0.2, -0.15) is 13.2 Å². The predicted octanol–water partition coefficient (Wildman–Crippen LogP) is 5.32. The predicted molar refractivity (Wildman–Crippen MR) is 118 cm³/mol. The lowest BCUT2D eigenvalue weighted by atomic mass is 9.72. The highest BCUT2D eigenvalue weighted by molar-refractivity contribution is 6.31. The molecule has 1 atom stereocenters. The third-order valence-electron chi connectivity index (χ3n) is 7.11. The zero-order chi connectivity index (χ0) is 22.9. The van der Waals surface area contributed by atoms with Gasteiger partial charge in [-0.3, -0.25) is 4.90 Å². The minimum absolute atomic E-state index is 0.124. The minimum Gasteiger partial charge on any atom is -0.437 e. The number of hydrogen-bond donors (Lipinski definition) is 0. The molecular weight excluding hydrogens is 443 g/mol. The summed E-state index contributed by atoms with van der Waals surface area (Å²) in [6.07, 6.45) is -2.24. The van der Waals surface area contributed by atoms with Gasteiger partial charge in [-0.15, -0.1) is 0 Å². The molecule has 1 amide bonds. The molecule has 1 aromatic carbocycles. The summed E-state index contributed by atoms with van der Waals surface area (Å²) in [5.74, 6) is 0. The van der Waals surface area contributed by atoms with E-state index >= 15 is 0 Å². The van der Waals surface area contributed by atoms with Crippen LogP contribution in [0, 0.1) is 5.41 Å². The van der Waals surface area contributed by atoms with Crippen molar-refractivity contribution in [2.75, 3.05) is 44.2 Å². The maximum absolute atomic E-state index is 12.6. The Balaban J connectivity index is 1.30. The van der Waals surface area contributed by atoms with E-state index in [1.807, 2.05) is 12.1 Å². The Morgan fingerprint density at radius 1 is 1.12 bits per heavy atom. The van der Waals surface area contributed by atoms with Crippen molar-refractivity contribution >= 4 is 23.4 Å². The van der Waals surface area contributed by atoms with Gasteiger partial charge in [0.25, 0.3) is 0 Å². The van der Waals surface area contributed by atoms with E-state index in [4.69, 9.17) is 11.6 Å². The van der Waals surface area contributed by atoms with E-state index in [1.54, 1.807) is 0 Å². The Morgan fingerprint density at radius 3 is 2.41 bits per heavy atom. The summed E-state index contributed by atoms with van der Waals surface area (Å²) in [6, 6.07) is 6.13. The van der Waals surface area contributed by atoms with E-state index in [0.717, 1.165) is 57.5 Å². The lowest BCUT2D eigenvalue weighted by Crippen LogP contribution is -2.60. The van der Waals surface area contributed by atoms with E-state index in [9.17, 15) is 18.0 Å². The molecular formula is C23H31ClF3N3O2. The van der Waals surface area contributed by atoms with Gasteiger partial charge in [-0.1, -0.05) is 17.7 Å². The van der Waals surface area contributed by atoms with Crippen molar-refractivity contribution in [3.8, 4) is 0 Å². The van der Waals surface area contributed by atoms with E-state index in [0.29, 0.717) is 13.1 Å². The summed E-state index contributed by atoms with van der Waals surface area (Å²) in [4.78, 5) is 18.3. The number of ether oxygens (including phenoxy) is 1. The third kappa shape index (κ3) is 5.11. The number of amides is 1. The molecule has 4 rings (SSSR count). The fourth-order valence-electron chi connectivity index (χ4n) is 5.15. The van der Waals surface area contributed by atoms with E-state index < -0.39 is 18.4 Å². The number of halogens is 4. The van der Waals surface area contributed by atoms with Crippen LogP contribution in [0.15, 0.2) is 18.2 Å². The topological polar surface area (TPSA) is 36.0 Å². The number of carbonyl (C=O) groups excluding carboxylic acids is 1. The van der Waals surface area contributed by atoms with Crippen molar-refractivity contribution in [1.82, 2.24) is 9.80 Å². The van der Waals surface area contributed by atoms with Gasteiger partial charge in [0.05, 0.1) is 0 Å². The van der Waals surface area contributed by atoms with E-state index in [2.05, 4.69) is 20.6 Å². The molecule has 1 aromatic rings. The van der Waals surface area contributed by atoms with Crippen LogP contribution >= 0.6 is 11.6 Å². The summed E-state index contributed by atoms with van der Waals surface area (Å²) in [5, 5.41) is 0.797. The van der Waals surface area contributed by atoms with Crippen LogP contribution in [0.3, 0.4) is 0 Å². The van der Waals surface area contributed by atoms with Gasteiger partial charge in [0, 0.05) is 62.1 Å². The normalized spacial score (nSPS) is 22.5. The molecule has 0 N–H and O–H groups in total. The molecule has 1 spiro atoms. The van der Waals surface area contributed by atoms with Gasteiger partial charge in [-0.05, 0) is 56.6 Å². The van der Waals surface area contributed by atoms with Gasteiger partial charge in [0.2, 0.25) is 0 Å². The number of benzene rings is 1. The largest absolute Gasteiger partial charge is 0.437 e. The molecule has 0 bridgehead atoms. The molecule has 3 saturated heterocycles. The van der Waals surface area contributed by atoms with E-state index in [-0.39, 0.29) is 5.41 Å². The molecule has 0 aromatic heterocycles. The number of rotatable bonds is 4. The molecule has 0 radical (unpaired) electrons. The Kier molecular flexibility index (Phi) is 6.82. The first kappa shape index (κ1) is 23.5. The molecule has 0 aliphatic carbocycles. The number of nitrogens with zero attached hydrogens (tertiary/aromatic N) is 3. The molecule has 0 saturated carbocycles. The zero-order valence-corrected chi connectivity index (χ0v) is 19.2. The van der Waals surface area contributed by atoms with Gasteiger partial charge in [0.1, 0.15) is 0 Å². The summed E-state index contributed by atoms with van der Waals surface area (Å²) < 4.78 is 42.5. The first-order valence-electron chi connectivity index (χ1n) is 11.4. The van der Waals surface area contributed by atoms with Crippen molar-refractivity contribution in [2.24, 2.45) is 5.41 Å². The Bertz CT molecular complexity index is 813. The van der Waals surface area contributed by atoms with Gasteiger partial charge in [0.15, 0.2) is 6.10 Å². The summed E-state index contributed by atoms with van der Waals surface area (Å²) >= 11 is 6.59. The van der Waals surface area contributed by atoms with Crippen molar-refractivity contribution in [1.29, 1.82) is 0 Å². The van der Waals surface area contributed by atoms with Crippen molar-refractivity contribution in [3.63, 3.8) is 0 Å². The highest BCUT2D eigenvalue weighted by atomic mass is 35.5. The number of anilines is 1. The summed E-state index contributed by atoms with van der Waals surface area (Å²) in [6.45, 7) is 6.48. The minimum atomic E-state index is -4.53. The van der Waals surface area contributed by atoms with Crippen molar-refractivity contribution < 1.29 is 22.7 Å². The lowest BCUT2D eigenvalue weighted by molar-refractivity contribution is -0.200. The second-order valence-corrected chi connectivity index (χ2v) is 9.89. The summed E-state index contributed by atoms with van der Waals surface area (Å²) in [7, 11) is 0. The Morgan fingerprint density at radius 2 is 1.78 bits per heavy atom. The van der Waals surface area contributed by atoms with Crippen molar-refractivity contribution in [2.45, 2.75) is 57.9 Å². The van der Waals surface area contributed by atoms with Crippen LogP contribution in [0.5, 0.6) is 0 Å². The molecule has 32 heavy (non-hydrogen) atoms. The maximum atomic E-state index is 12.6. The number of piperidine rings is 2. The molecule has 3 aliphatic heterocycles. The van der Waals surface area contributed by atoms with Crippen LogP contribution < -0.4 is 4.90 Å². The fraction of sp³-hybridized carbons (Fsp3) is 0.696. The van der Waals surface area contributed by atoms with Crippen LogP contribution in [0.2, 0.25) is 5.02 Å². The molecule has 3 fully saturated rings. The standard InChI is InChI=1S/C23H31ClF3N3O2/c1-17(23(25,26)27)32-21(31)30-12-8-22(9-13-30)15-28(16-22)14-18-19(24)6-5-7-20(18)29-10-3-2-4-11-29/h5-7,17H,2-4,8-16H2,1H3. The molecule has 3 aliphatic rings. The van der Waals surface area contributed by atoms with Crippen LogP contribution in [0.25, 0.3) is 0 Å². The smallest absolute Gasteiger partial charge is 0.425 e. The van der Waals surface area contributed by atoms with E-state index in [1.165, 1.54) is 35.4 Å². The molecule has 5 nitrogen and oxygen atoms in total. The number of likely N-dealkylation sites (tertiary alicyclic amines) is 2. The Labute approximate surface area is 192 Å². The van der Waals surface area contributed by atoms with Gasteiger partial charge in [-0.25, -0.2) is 4.79 Å². The quantitative estimate of drug-likeness (QED) is 0.593. The van der Waals surface area contributed by atoms with Crippen molar-refractivity contribution in [3.05, 3.63) is 28.8 Å². The maximum Gasteiger partial charge on any atom is 0.425 e. The van der Waals surface area contributed by atoms with Crippen LogP contribution in [0.4, 0.5) is 23.7 Å². The number of alkyl halides is 3. The molecule has 9 heteroatoms. The summed E-state index contributed by atoms with van der Waals surface area (Å²) in [5.41, 5.74) is 2.53. The highest BCUT2D eigenvalue weighted by Gasteiger charge is 2.46. The first-order chi connectivity index (χ1) is 15.2. The number of carbonyl (C=O) groups is 1. The average molecular weight is 474 g/mol. The highest BCUT2D eigenvalue weighted by Crippen LogP contribution is 2.42.